The summed E-state index contributed by atoms with van der Waals surface area (Å²) in [5, 5.41) is 10.3. The molecule has 2 aromatic rings. The van der Waals surface area contributed by atoms with Gasteiger partial charge in [0, 0.05) is 37.2 Å². The largest absolute Gasteiger partial charge is 0.507 e. The molecule has 1 aromatic heterocycles. The molecule has 1 amide bonds. The highest BCUT2D eigenvalue weighted by atomic mass is 16.5. The van der Waals surface area contributed by atoms with E-state index in [0.717, 1.165) is 0 Å². The average molecular weight is 313 g/mol. The number of piperidine rings is 1. The summed E-state index contributed by atoms with van der Waals surface area (Å²) in [6.07, 6.45) is 2.14. The van der Waals surface area contributed by atoms with E-state index in [1.165, 1.54) is 18.4 Å². The Morgan fingerprint density at radius 1 is 1.30 bits per heavy atom. The highest BCUT2D eigenvalue weighted by Crippen LogP contribution is 2.46. The van der Waals surface area contributed by atoms with Crippen LogP contribution in [0, 0.1) is 6.92 Å². The quantitative estimate of drug-likeness (QED) is 0.805. The van der Waals surface area contributed by atoms with Crippen molar-refractivity contribution in [1.29, 1.82) is 0 Å². The standard InChI is InChI=1S/C17H15NO5/c1-8-5-11(19)15-12(20)6-13-14(16(15)23-8)9-3-4-18(2)17(21)10(9)7-22-13/h5-7,9,20H,3-4H2,1-2H3/t9-/m1/s1. The van der Waals surface area contributed by atoms with E-state index in [1.807, 2.05) is 0 Å². The Morgan fingerprint density at radius 2 is 2.09 bits per heavy atom. The second-order valence-corrected chi connectivity index (χ2v) is 5.99. The van der Waals surface area contributed by atoms with Crippen LogP contribution in [-0.4, -0.2) is 29.5 Å². The normalized spacial score (nSPS) is 19.9. The van der Waals surface area contributed by atoms with Gasteiger partial charge in [-0.1, -0.05) is 0 Å². The second kappa shape index (κ2) is 4.62. The number of phenolic OH excluding ortho intramolecular Hbond substituents is 1. The number of hydrogen-bond acceptors (Lipinski definition) is 5. The average Bonchev–Trinajstić information content (AvgIpc) is 2.49. The van der Waals surface area contributed by atoms with Crippen LogP contribution >= 0.6 is 0 Å². The molecule has 4 rings (SSSR count). The number of aromatic hydroxyl groups is 1. The van der Waals surface area contributed by atoms with E-state index in [-0.39, 0.29) is 28.4 Å². The minimum atomic E-state index is -0.306. The summed E-state index contributed by atoms with van der Waals surface area (Å²) in [6.45, 7) is 2.29. The third kappa shape index (κ3) is 1.87. The van der Waals surface area contributed by atoms with Gasteiger partial charge in [0.15, 0.2) is 5.43 Å². The summed E-state index contributed by atoms with van der Waals surface area (Å²) in [6, 6.07) is 2.76. The topological polar surface area (TPSA) is 80.0 Å². The monoisotopic (exact) mass is 313 g/mol. The van der Waals surface area contributed by atoms with Gasteiger partial charge in [0.1, 0.15) is 34.5 Å². The fraction of sp³-hybridized carbons (Fsp3) is 0.294. The molecule has 23 heavy (non-hydrogen) atoms. The molecule has 0 saturated carbocycles. The lowest BCUT2D eigenvalue weighted by atomic mass is 9.82. The molecular formula is C17H15NO5. The zero-order valence-corrected chi connectivity index (χ0v) is 12.8. The second-order valence-electron chi connectivity index (χ2n) is 5.99. The van der Waals surface area contributed by atoms with Crippen LogP contribution in [0.3, 0.4) is 0 Å². The summed E-state index contributed by atoms with van der Waals surface area (Å²) < 4.78 is 11.3. The van der Waals surface area contributed by atoms with Crippen LogP contribution in [0.4, 0.5) is 0 Å². The molecule has 0 aliphatic carbocycles. The Bertz CT molecular complexity index is 940. The van der Waals surface area contributed by atoms with Gasteiger partial charge < -0.3 is 19.2 Å². The number of carbonyl (C=O) groups is 1. The maximum atomic E-state index is 12.3. The summed E-state index contributed by atoms with van der Waals surface area (Å²) in [4.78, 5) is 26.2. The summed E-state index contributed by atoms with van der Waals surface area (Å²) >= 11 is 0. The van der Waals surface area contributed by atoms with E-state index >= 15 is 0 Å². The van der Waals surface area contributed by atoms with Crippen molar-refractivity contribution in [2.75, 3.05) is 13.6 Å². The molecule has 3 heterocycles. The predicted molar refractivity (Wildman–Crippen MR) is 82.6 cm³/mol. The predicted octanol–water partition coefficient (Wildman–Crippen LogP) is 2.03. The van der Waals surface area contributed by atoms with Crippen LogP contribution in [0.15, 0.2) is 33.2 Å². The third-order valence-corrected chi connectivity index (χ3v) is 4.49. The Kier molecular flexibility index (Phi) is 2.78. The van der Waals surface area contributed by atoms with Gasteiger partial charge in [-0.05, 0) is 13.3 Å². The van der Waals surface area contributed by atoms with Crippen molar-refractivity contribution >= 4 is 16.9 Å². The van der Waals surface area contributed by atoms with Crippen molar-refractivity contribution in [1.82, 2.24) is 4.90 Å². The minimum absolute atomic E-state index is 0.0943. The van der Waals surface area contributed by atoms with E-state index in [9.17, 15) is 14.7 Å². The van der Waals surface area contributed by atoms with Gasteiger partial charge >= 0.3 is 0 Å². The number of ether oxygens (including phenoxy) is 1. The van der Waals surface area contributed by atoms with Gasteiger partial charge in [-0.25, -0.2) is 0 Å². The first-order valence-electron chi connectivity index (χ1n) is 7.40. The van der Waals surface area contributed by atoms with Crippen LogP contribution < -0.4 is 10.2 Å². The van der Waals surface area contributed by atoms with Crippen LogP contribution in [-0.2, 0) is 4.79 Å². The number of fused-ring (bicyclic) bond motifs is 5. The third-order valence-electron chi connectivity index (χ3n) is 4.49. The number of likely N-dealkylation sites (N-methyl/N-ethyl adjacent to an activating group) is 1. The molecule has 0 unspecified atom stereocenters. The maximum absolute atomic E-state index is 12.3. The zero-order chi connectivity index (χ0) is 16.3. The Hall–Kier alpha value is -2.76. The van der Waals surface area contributed by atoms with Crippen molar-refractivity contribution in [2.24, 2.45) is 0 Å². The molecule has 0 radical (unpaired) electrons. The molecule has 0 spiro atoms. The lowest BCUT2D eigenvalue weighted by Crippen LogP contribution is -2.38. The van der Waals surface area contributed by atoms with Gasteiger partial charge in [0.05, 0.1) is 5.57 Å². The number of nitrogens with zero attached hydrogens (tertiary/aromatic N) is 1. The van der Waals surface area contributed by atoms with E-state index in [0.29, 0.717) is 41.2 Å². The van der Waals surface area contributed by atoms with Crippen molar-refractivity contribution in [2.45, 2.75) is 19.3 Å². The van der Waals surface area contributed by atoms with Crippen molar-refractivity contribution in [3.63, 3.8) is 0 Å². The molecule has 6 nitrogen and oxygen atoms in total. The fourth-order valence-electron chi connectivity index (χ4n) is 3.36. The van der Waals surface area contributed by atoms with E-state index in [4.69, 9.17) is 9.15 Å². The first kappa shape index (κ1) is 13.9. The van der Waals surface area contributed by atoms with Gasteiger partial charge in [-0.2, -0.15) is 0 Å². The summed E-state index contributed by atoms with van der Waals surface area (Å²) in [5.41, 5.74) is 1.21. The zero-order valence-electron chi connectivity index (χ0n) is 12.8. The molecule has 1 aromatic carbocycles. The lowest BCUT2D eigenvalue weighted by molar-refractivity contribution is -0.127. The molecule has 2 aliphatic rings. The first-order valence-corrected chi connectivity index (χ1v) is 7.40. The summed E-state index contributed by atoms with van der Waals surface area (Å²) in [7, 11) is 1.74. The molecule has 1 atom stereocenters. The van der Waals surface area contributed by atoms with Gasteiger partial charge in [-0.15, -0.1) is 0 Å². The smallest absolute Gasteiger partial charge is 0.253 e. The Balaban J connectivity index is 2.04. The number of carbonyl (C=O) groups excluding carboxylic acids is 1. The van der Waals surface area contributed by atoms with Gasteiger partial charge in [-0.3, -0.25) is 9.59 Å². The molecule has 1 saturated heterocycles. The molecule has 1 N–H and O–H groups in total. The number of amides is 1. The number of hydrogen-bond donors (Lipinski definition) is 1. The molecule has 0 bridgehead atoms. The van der Waals surface area contributed by atoms with E-state index < -0.39 is 0 Å². The van der Waals surface area contributed by atoms with Crippen molar-refractivity contribution in [3.05, 3.63) is 45.5 Å². The number of aryl methyl sites for hydroxylation is 1. The summed E-state index contributed by atoms with van der Waals surface area (Å²) in [5.74, 6) is 0.405. The number of phenols is 1. The Morgan fingerprint density at radius 3 is 2.87 bits per heavy atom. The minimum Gasteiger partial charge on any atom is -0.507 e. The molecular weight excluding hydrogens is 298 g/mol. The number of benzene rings is 1. The van der Waals surface area contributed by atoms with Crippen molar-refractivity contribution in [3.8, 4) is 11.5 Å². The van der Waals surface area contributed by atoms with Crippen LogP contribution in [0.2, 0.25) is 0 Å². The molecule has 2 aliphatic heterocycles. The van der Waals surface area contributed by atoms with Crippen LogP contribution in [0.5, 0.6) is 11.5 Å². The van der Waals surface area contributed by atoms with E-state index in [2.05, 4.69) is 0 Å². The maximum Gasteiger partial charge on any atom is 0.253 e. The SMILES string of the molecule is Cc1cc(=O)c2c(O)cc3c(c2o1)[C@@H]1CCN(C)C(=O)C1=CO3. The number of rotatable bonds is 0. The fourth-order valence-corrected chi connectivity index (χ4v) is 3.36. The first-order chi connectivity index (χ1) is 11.0. The number of likely N-dealkylation sites (tertiary alicyclic amines) is 1. The van der Waals surface area contributed by atoms with Crippen LogP contribution in [0.1, 0.15) is 23.7 Å². The lowest BCUT2D eigenvalue weighted by Gasteiger charge is -2.34. The van der Waals surface area contributed by atoms with Gasteiger partial charge in [0.2, 0.25) is 0 Å². The molecule has 118 valence electrons. The molecule has 1 fully saturated rings. The van der Waals surface area contributed by atoms with Crippen LogP contribution in [0.25, 0.3) is 11.0 Å². The highest BCUT2D eigenvalue weighted by molar-refractivity contribution is 5.98. The van der Waals surface area contributed by atoms with Crippen molar-refractivity contribution < 1.29 is 19.1 Å². The highest BCUT2D eigenvalue weighted by Gasteiger charge is 2.37. The van der Waals surface area contributed by atoms with Gasteiger partial charge in [0.25, 0.3) is 5.91 Å². The molecule has 6 heteroatoms. The Labute approximate surface area is 131 Å². The van der Waals surface area contributed by atoms with E-state index in [1.54, 1.807) is 18.9 Å².